The summed E-state index contributed by atoms with van der Waals surface area (Å²) in [6, 6.07) is 13.6. The zero-order chi connectivity index (χ0) is 22.0. The standard InChI is InChI=1S/C24H25NO5/c1-14(2)22(27)20-21(18-8-6-5-7-15(18)3)25(24(29)23(20)28)17-11-9-16(10-12-17)13-19(26)30-4/h5-12,14,21,28H,13H2,1-4H3. The molecule has 1 unspecified atom stereocenters. The van der Waals surface area contributed by atoms with Crippen molar-refractivity contribution in [2.24, 2.45) is 5.92 Å². The van der Waals surface area contributed by atoms with Crippen LogP contribution in [0.2, 0.25) is 0 Å². The second kappa shape index (κ2) is 8.53. The van der Waals surface area contributed by atoms with E-state index in [1.807, 2.05) is 31.2 Å². The highest BCUT2D eigenvalue weighted by atomic mass is 16.5. The minimum absolute atomic E-state index is 0.114. The van der Waals surface area contributed by atoms with E-state index in [0.717, 1.165) is 16.7 Å². The number of hydrogen-bond acceptors (Lipinski definition) is 5. The molecule has 1 atom stereocenters. The van der Waals surface area contributed by atoms with Crippen LogP contribution >= 0.6 is 0 Å². The summed E-state index contributed by atoms with van der Waals surface area (Å²) in [5.41, 5.74) is 3.06. The predicted octanol–water partition coefficient (Wildman–Crippen LogP) is 3.84. The van der Waals surface area contributed by atoms with Crippen molar-refractivity contribution >= 4 is 23.3 Å². The molecule has 0 radical (unpaired) electrons. The maximum atomic E-state index is 13.0. The Morgan fingerprint density at radius 1 is 1.10 bits per heavy atom. The molecule has 2 aromatic carbocycles. The molecule has 6 heteroatoms. The third-order valence-electron chi connectivity index (χ3n) is 5.27. The number of rotatable bonds is 6. The van der Waals surface area contributed by atoms with Crippen molar-refractivity contribution in [3.8, 4) is 0 Å². The summed E-state index contributed by atoms with van der Waals surface area (Å²) in [4.78, 5) is 38.9. The first-order chi connectivity index (χ1) is 14.3. The van der Waals surface area contributed by atoms with E-state index in [0.29, 0.717) is 5.69 Å². The Balaban J connectivity index is 2.09. The zero-order valence-electron chi connectivity index (χ0n) is 17.5. The second-order valence-corrected chi connectivity index (χ2v) is 7.63. The average molecular weight is 407 g/mol. The summed E-state index contributed by atoms with van der Waals surface area (Å²) in [7, 11) is 1.33. The van der Waals surface area contributed by atoms with Crippen LogP contribution in [-0.4, -0.2) is 29.9 Å². The molecule has 1 amide bonds. The SMILES string of the molecule is COC(=O)Cc1ccc(N2C(=O)C(O)=C(C(=O)C(C)C)C2c2ccccc2C)cc1. The largest absolute Gasteiger partial charge is 0.503 e. The Morgan fingerprint density at radius 3 is 2.30 bits per heavy atom. The number of aliphatic hydroxyl groups is 1. The van der Waals surface area contributed by atoms with Gasteiger partial charge in [-0.25, -0.2) is 0 Å². The first-order valence-corrected chi connectivity index (χ1v) is 9.78. The Labute approximate surface area is 175 Å². The predicted molar refractivity (Wildman–Crippen MR) is 113 cm³/mol. The number of esters is 1. The van der Waals surface area contributed by atoms with Crippen molar-refractivity contribution in [2.75, 3.05) is 12.0 Å². The number of carbonyl (C=O) groups is 3. The van der Waals surface area contributed by atoms with Gasteiger partial charge in [-0.2, -0.15) is 0 Å². The van der Waals surface area contributed by atoms with Gasteiger partial charge in [-0.15, -0.1) is 0 Å². The Kier molecular flexibility index (Phi) is 6.06. The third kappa shape index (κ3) is 3.85. The lowest BCUT2D eigenvalue weighted by molar-refractivity contribution is -0.139. The number of ether oxygens (including phenoxy) is 1. The highest BCUT2D eigenvalue weighted by molar-refractivity contribution is 6.16. The van der Waals surface area contributed by atoms with E-state index in [9.17, 15) is 19.5 Å². The van der Waals surface area contributed by atoms with Crippen LogP contribution in [0.3, 0.4) is 0 Å². The van der Waals surface area contributed by atoms with E-state index < -0.39 is 17.7 Å². The van der Waals surface area contributed by atoms with Gasteiger partial charge in [-0.05, 0) is 35.7 Å². The van der Waals surface area contributed by atoms with Crippen LogP contribution in [0.25, 0.3) is 0 Å². The second-order valence-electron chi connectivity index (χ2n) is 7.63. The van der Waals surface area contributed by atoms with Crippen LogP contribution in [0.1, 0.15) is 36.6 Å². The molecule has 1 N–H and O–H groups in total. The third-order valence-corrected chi connectivity index (χ3v) is 5.27. The van der Waals surface area contributed by atoms with Crippen molar-refractivity contribution in [1.82, 2.24) is 0 Å². The highest BCUT2D eigenvalue weighted by Gasteiger charge is 2.45. The number of ketones is 1. The van der Waals surface area contributed by atoms with Crippen LogP contribution in [0.15, 0.2) is 59.9 Å². The number of benzene rings is 2. The number of hydrogen-bond donors (Lipinski definition) is 1. The Morgan fingerprint density at radius 2 is 1.73 bits per heavy atom. The van der Waals surface area contributed by atoms with E-state index in [1.54, 1.807) is 38.1 Å². The van der Waals surface area contributed by atoms with Crippen LogP contribution < -0.4 is 4.90 Å². The van der Waals surface area contributed by atoms with Crippen molar-refractivity contribution in [3.63, 3.8) is 0 Å². The van der Waals surface area contributed by atoms with E-state index in [4.69, 9.17) is 0 Å². The molecule has 0 bridgehead atoms. The fourth-order valence-electron chi connectivity index (χ4n) is 3.64. The van der Waals surface area contributed by atoms with E-state index in [1.165, 1.54) is 12.0 Å². The molecular weight excluding hydrogens is 382 g/mol. The van der Waals surface area contributed by atoms with Crippen molar-refractivity contribution in [1.29, 1.82) is 0 Å². The molecule has 6 nitrogen and oxygen atoms in total. The fraction of sp³-hybridized carbons (Fsp3) is 0.292. The van der Waals surface area contributed by atoms with Gasteiger partial charge in [0.05, 0.1) is 25.1 Å². The van der Waals surface area contributed by atoms with Crippen LogP contribution in [0.5, 0.6) is 0 Å². The van der Waals surface area contributed by atoms with Gasteiger partial charge in [0.1, 0.15) is 0 Å². The summed E-state index contributed by atoms with van der Waals surface area (Å²) >= 11 is 0. The topological polar surface area (TPSA) is 83.9 Å². The fourth-order valence-corrected chi connectivity index (χ4v) is 3.64. The van der Waals surface area contributed by atoms with Gasteiger partial charge in [-0.3, -0.25) is 19.3 Å². The van der Waals surface area contributed by atoms with Crippen LogP contribution in [0, 0.1) is 12.8 Å². The molecule has 0 spiro atoms. The molecule has 0 saturated carbocycles. The first-order valence-electron chi connectivity index (χ1n) is 9.78. The van der Waals surface area contributed by atoms with E-state index >= 15 is 0 Å². The molecular formula is C24H25NO5. The monoisotopic (exact) mass is 407 g/mol. The number of amides is 1. The van der Waals surface area contributed by atoms with Gasteiger partial charge >= 0.3 is 5.97 Å². The lowest BCUT2D eigenvalue weighted by atomic mass is 9.89. The number of nitrogens with zero attached hydrogens (tertiary/aromatic N) is 1. The zero-order valence-corrected chi connectivity index (χ0v) is 17.5. The summed E-state index contributed by atoms with van der Waals surface area (Å²) in [6.45, 7) is 5.39. The minimum Gasteiger partial charge on any atom is -0.503 e. The molecule has 0 saturated heterocycles. The first kappa shape index (κ1) is 21.3. The summed E-state index contributed by atoms with van der Waals surface area (Å²) in [6.07, 6.45) is 0.118. The molecule has 156 valence electrons. The summed E-state index contributed by atoms with van der Waals surface area (Å²) in [5, 5.41) is 10.6. The summed E-state index contributed by atoms with van der Waals surface area (Å²) < 4.78 is 4.69. The molecule has 0 aliphatic carbocycles. The van der Waals surface area contributed by atoms with Gasteiger partial charge in [0.2, 0.25) is 0 Å². The van der Waals surface area contributed by atoms with Crippen molar-refractivity contribution < 1.29 is 24.2 Å². The molecule has 0 fully saturated rings. The maximum absolute atomic E-state index is 13.0. The van der Waals surface area contributed by atoms with Gasteiger partial charge < -0.3 is 9.84 Å². The normalized spacial score (nSPS) is 16.4. The molecule has 1 heterocycles. The molecule has 30 heavy (non-hydrogen) atoms. The summed E-state index contributed by atoms with van der Waals surface area (Å²) in [5.74, 6) is -2.13. The van der Waals surface area contributed by atoms with Crippen LogP contribution in [-0.2, 0) is 25.5 Å². The van der Waals surface area contributed by atoms with Crippen molar-refractivity contribution in [3.05, 3.63) is 76.6 Å². The number of carbonyl (C=O) groups excluding carboxylic acids is 3. The lowest BCUT2D eigenvalue weighted by Crippen LogP contribution is -2.31. The van der Waals surface area contributed by atoms with Gasteiger partial charge in [0.25, 0.3) is 5.91 Å². The van der Waals surface area contributed by atoms with E-state index in [-0.39, 0.29) is 29.7 Å². The number of aryl methyl sites for hydroxylation is 1. The van der Waals surface area contributed by atoms with Gasteiger partial charge in [0, 0.05) is 11.6 Å². The maximum Gasteiger partial charge on any atom is 0.309 e. The van der Waals surface area contributed by atoms with Gasteiger partial charge in [-0.1, -0.05) is 50.2 Å². The lowest BCUT2D eigenvalue weighted by Gasteiger charge is -2.28. The quantitative estimate of drug-likeness (QED) is 0.736. The smallest absolute Gasteiger partial charge is 0.309 e. The van der Waals surface area contributed by atoms with Crippen LogP contribution in [0.4, 0.5) is 5.69 Å². The number of Topliss-reactive ketones (excluding diaryl/α,β-unsaturated/α-hetero) is 1. The minimum atomic E-state index is -0.722. The molecule has 1 aliphatic rings. The Hall–Kier alpha value is -3.41. The molecule has 1 aliphatic heterocycles. The Bertz CT molecular complexity index is 1020. The molecule has 0 aromatic heterocycles. The number of aliphatic hydroxyl groups excluding tert-OH is 1. The molecule has 2 aromatic rings. The van der Waals surface area contributed by atoms with E-state index in [2.05, 4.69) is 4.74 Å². The van der Waals surface area contributed by atoms with Gasteiger partial charge in [0.15, 0.2) is 11.5 Å². The number of methoxy groups -OCH3 is 1. The average Bonchev–Trinajstić information content (AvgIpc) is 2.99. The highest BCUT2D eigenvalue weighted by Crippen LogP contribution is 2.42. The van der Waals surface area contributed by atoms with Crippen molar-refractivity contribution in [2.45, 2.75) is 33.2 Å². The number of anilines is 1. The molecule has 3 rings (SSSR count).